The Hall–Kier alpha value is -1.18. The van der Waals surface area contributed by atoms with Gasteiger partial charge in [0.2, 0.25) is 10.0 Å². The van der Waals surface area contributed by atoms with E-state index in [-0.39, 0.29) is 17.1 Å². The molecule has 0 atom stereocenters. The highest BCUT2D eigenvalue weighted by Crippen LogP contribution is 2.21. The summed E-state index contributed by atoms with van der Waals surface area (Å²) in [5.74, 6) is 0. The van der Waals surface area contributed by atoms with Crippen LogP contribution in [-0.2, 0) is 16.6 Å². The van der Waals surface area contributed by atoms with Crippen LogP contribution in [0, 0.1) is 6.92 Å². The van der Waals surface area contributed by atoms with Crippen LogP contribution in [0.1, 0.15) is 18.3 Å². The first-order valence-electron chi connectivity index (χ1n) is 5.24. The van der Waals surface area contributed by atoms with E-state index in [4.69, 9.17) is 5.11 Å². The van der Waals surface area contributed by atoms with Crippen LogP contribution in [0.15, 0.2) is 17.6 Å². The van der Waals surface area contributed by atoms with Crippen LogP contribution in [0.2, 0.25) is 0 Å². The van der Waals surface area contributed by atoms with Gasteiger partial charge in [-0.15, -0.1) is 6.58 Å². The standard InChI is InChI=1S/C10H17N3O3S/c1-4-6-13(5-2)17(15,16)10-8(3)11-12-9(10)7-14/h4,14H,1,5-7H2,2-3H3,(H,11,12). The minimum Gasteiger partial charge on any atom is -0.390 e. The van der Waals surface area contributed by atoms with Crippen molar-refractivity contribution in [1.82, 2.24) is 14.5 Å². The number of likely N-dealkylation sites (N-methyl/N-ethyl adjacent to an activating group) is 1. The zero-order chi connectivity index (χ0) is 13.1. The molecule has 0 saturated carbocycles. The number of nitrogens with zero attached hydrogens (tertiary/aromatic N) is 2. The number of aryl methyl sites for hydroxylation is 1. The molecule has 0 fully saturated rings. The highest BCUT2D eigenvalue weighted by molar-refractivity contribution is 7.89. The summed E-state index contributed by atoms with van der Waals surface area (Å²) in [6.07, 6.45) is 1.52. The van der Waals surface area contributed by atoms with E-state index >= 15 is 0 Å². The van der Waals surface area contributed by atoms with E-state index in [1.54, 1.807) is 13.8 Å². The Kier molecular flexibility index (Phi) is 4.44. The zero-order valence-electron chi connectivity index (χ0n) is 9.97. The molecule has 0 radical (unpaired) electrons. The lowest BCUT2D eigenvalue weighted by Gasteiger charge is -2.18. The van der Waals surface area contributed by atoms with E-state index in [0.29, 0.717) is 12.2 Å². The number of rotatable bonds is 6. The molecule has 17 heavy (non-hydrogen) atoms. The fraction of sp³-hybridized carbons (Fsp3) is 0.500. The van der Waals surface area contributed by atoms with Crippen molar-refractivity contribution in [2.24, 2.45) is 0 Å². The lowest BCUT2D eigenvalue weighted by Crippen LogP contribution is -2.31. The molecule has 6 nitrogen and oxygen atoms in total. The predicted molar refractivity (Wildman–Crippen MR) is 63.9 cm³/mol. The molecule has 1 aromatic heterocycles. The number of sulfonamides is 1. The van der Waals surface area contributed by atoms with E-state index in [1.807, 2.05) is 0 Å². The molecular weight excluding hydrogens is 242 g/mol. The summed E-state index contributed by atoms with van der Waals surface area (Å²) in [5.41, 5.74) is 0.571. The minimum absolute atomic E-state index is 0.0590. The third kappa shape index (κ3) is 2.56. The van der Waals surface area contributed by atoms with Gasteiger partial charge in [-0.3, -0.25) is 5.10 Å². The average molecular weight is 259 g/mol. The second-order valence-corrected chi connectivity index (χ2v) is 5.40. The molecule has 0 aromatic carbocycles. The molecular formula is C10H17N3O3S. The Morgan fingerprint density at radius 2 is 2.24 bits per heavy atom. The van der Waals surface area contributed by atoms with Crippen LogP contribution >= 0.6 is 0 Å². The molecule has 7 heteroatoms. The van der Waals surface area contributed by atoms with Gasteiger partial charge in [0.05, 0.1) is 12.3 Å². The first-order valence-corrected chi connectivity index (χ1v) is 6.68. The largest absolute Gasteiger partial charge is 0.390 e. The molecule has 0 spiro atoms. The maximum absolute atomic E-state index is 12.3. The van der Waals surface area contributed by atoms with Gasteiger partial charge in [-0.1, -0.05) is 13.0 Å². The molecule has 0 amide bonds. The van der Waals surface area contributed by atoms with Crippen molar-refractivity contribution in [2.75, 3.05) is 13.1 Å². The maximum Gasteiger partial charge on any atom is 0.247 e. The van der Waals surface area contributed by atoms with Gasteiger partial charge in [-0.05, 0) is 6.92 Å². The Morgan fingerprint density at radius 1 is 1.59 bits per heavy atom. The number of hydrogen-bond donors (Lipinski definition) is 2. The lowest BCUT2D eigenvalue weighted by atomic mass is 10.4. The van der Waals surface area contributed by atoms with Crippen molar-refractivity contribution in [3.05, 3.63) is 24.0 Å². The number of H-pyrrole nitrogens is 1. The van der Waals surface area contributed by atoms with E-state index < -0.39 is 16.6 Å². The minimum atomic E-state index is -3.64. The lowest BCUT2D eigenvalue weighted by molar-refractivity contribution is 0.273. The fourth-order valence-corrected chi connectivity index (χ4v) is 3.33. The summed E-state index contributed by atoms with van der Waals surface area (Å²) in [7, 11) is -3.64. The first-order chi connectivity index (χ1) is 7.98. The molecule has 0 aliphatic rings. The molecule has 0 unspecified atom stereocenters. The highest BCUT2D eigenvalue weighted by atomic mass is 32.2. The third-order valence-electron chi connectivity index (χ3n) is 2.39. The number of aliphatic hydroxyl groups excluding tert-OH is 1. The molecule has 1 heterocycles. The second kappa shape index (κ2) is 5.44. The van der Waals surface area contributed by atoms with Crippen molar-refractivity contribution < 1.29 is 13.5 Å². The number of hydrogen-bond acceptors (Lipinski definition) is 4. The van der Waals surface area contributed by atoms with Crippen LogP contribution in [0.3, 0.4) is 0 Å². The van der Waals surface area contributed by atoms with Gasteiger partial charge in [-0.25, -0.2) is 8.42 Å². The molecule has 0 aliphatic heterocycles. The SMILES string of the molecule is C=CCN(CC)S(=O)(=O)c1c(CO)n[nH]c1C. The molecule has 2 N–H and O–H groups in total. The quantitative estimate of drug-likeness (QED) is 0.724. The Morgan fingerprint density at radius 3 is 2.71 bits per heavy atom. The second-order valence-electron chi connectivity index (χ2n) is 3.53. The molecule has 96 valence electrons. The number of aliphatic hydroxyl groups is 1. The summed E-state index contributed by atoms with van der Waals surface area (Å²) < 4.78 is 25.9. The predicted octanol–water partition coefficient (Wildman–Crippen LogP) is 0.407. The number of aromatic nitrogens is 2. The van der Waals surface area contributed by atoms with Crippen LogP contribution < -0.4 is 0 Å². The highest BCUT2D eigenvalue weighted by Gasteiger charge is 2.28. The van der Waals surface area contributed by atoms with Gasteiger partial charge in [0, 0.05) is 13.1 Å². The van der Waals surface area contributed by atoms with E-state index in [9.17, 15) is 8.42 Å². The van der Waals surface area contributed by atoms with Crippen LogP contribution in [0.4, 0.5) is 0 Å². The fourth-order valence-electron chi connectivity index (χ4n) is 1.59. The number of nitrogens with one attached hydrogen (secondary N) is 1. The van der Waals surface area contributed by atoms with E-state index in [2.05, 4.69) is 16.8 Å². The Labute approximate surface area is 101 Å². The zero-order valence-corrected chi connectivity index (χ0v) is 10.8. The molecule has 0 bridgehead atoms. The van der Waals surface area contributed by atoms with Gasteiger partial charge >= 0.3 is 0 Å². The van der Waals surface area contributed by atoms with Crippen LogP contribution in [0.25, 0.3) is 0 Å². The smallest absolute Gasteiger partial charge is 0.247 e. The maximum atomic E-state index is 12.3. The van der Waals surface area contributed by atoms with Gasteiger partial charge in [0.1, 0.15) is 10.6 Å². The molecule has 1 rings (SSSR count). The summed E-state index contributed by atoms with van der Waals surface area (Å²) >= 11 is 0. The Balaban J connectivity index is 3.28. The van der Waals surface area contributed by atoms with Crippen molar-refractivity contribution in [3.8, 4) is 0 Å². The van der Waals surface area contributed by atoms with Crippen molar-refractivity contribution in [3.63, 3.8) is 0 Å². The third-order valence-corrected chi connectivity index (χ3v) is 4.54. The van der Waals surface area contributed by atoms with Gasteiger partial charge in [-0.2, -0.15) is 9.40 Å². The van der Waals surface area contributed by atoms with E-state index in [0.717, 1.165) is 0 Å². The van der Waals surface area contributed by atoms with Gasteiger partial charge in [0.15, 0.2) is 0 Å². The summed E-state index contributed by atoms with van der Waals surface area (Å²) in [4.78, 5) is 0.0590. The summed E-state index contributed by atoms with van der Waals surface area (Å²) in [5, 5.41) is 15.4. The van der Waals surface area contributed by atoms with E-state index in [1.165, 1.54) is 10.4 Å². The topological polar surface area (TPSA) is 86.3 Å². The van der Waals surface area contributed by atoms with Crippen LogP contribution in [0.5, 0.6) is 0 Å². The molecule has 0 saturated heterocycles. The molecule has 1 aromatic rings. The first kappa shape index (κ1) is 13.9. The van der Waals surface area contributed by atoms with Gasteiger partial charge < -0.3 is 5.11 Å². The summed E-state index contributed by atoms with van der Waals surface area (Å²) in [6.45, 7) is 7.04. The van der Waals surface area contributed by atoms with Gasteiger partial charge in [0.25, 0.3) is 0 Å². The molecule has 0 aliphatic carbocycles. The average Bonchev–Trinajstić information content (AvgIpc) is 2.67. The monoisotopic (exact) mass is 259 g/mol. The van der Waals surface area contributed by atoms with Crippen LogP contribution in [-0.4, -0.2) is 41.1 Å². The van der Waals surface area contributed by atoms with Crippen molar-refractivity contribution in [2.45, 2.75) is 25.3 Å². The number of aromatic amines is 1. The normalized spacial score (nSPS) is 12.0. The Bertz CT molecular complexity index is 493. The van der Waals surface area contributed by atoms with Crippen molar-refractivity contribution in [1.29, 1.82) is 0 Å². The summed E-state index contributed by atoms with van der Waals surface area (Å²) in [6, 6.07) is 0. The van der Waals surface area contributed by atoms with Crippen molar-refractivity contribution >= 4 is 10.0 Å².